The van der Waals surface area contributed by atoms with Crippen molar-refractivity contribution in [2.24, 2.45) is 0 Å². The van der Waals surface area contributed by atoms with E-state index in [1.165, 1.54) is 32.1 Å². The first-order chi connectivity index (χ1) is 8.88. The molecule has 0 bridgehead atoms. The summed E-state index contributed by atoms with van der Waals surface area (Å²) in [4.78, 5) is 0. The number of thioether (sulfide) groups is 1. The predicted molar refractivity (Wildman–Crippen MR) is 76.0 cm³/mol. The molecule has 1 heterocycles. The van der Waals surface area contributed by atoms with Gasteiger partial charge in [0.1, 0.15) is 0 Å². The first-order valence-electron chi connectivity index (χ1n) is 6.48. The van der Waals surface area contributed by atoms with Gasteiger partial charge in [-0.3, -0.25) is 0 Å². The van der Waals surface area contributed by atoms with Crippen LogP contribution in [0.15, 0.2) is 4.34 Å². The maximum atomic E-state index is 8.46. The minimum atomic E-state index is 0.586. The second kappa shape index (κ2) is 7.59. The summed E-state index contributed by atoms with van der Waals surface area (Å²) < 4.78 is 1.01. The largest absolute Gasteiger partial charge is 0.357 e. The van der Waals surface area contributed by atoms with Crippen molar-refractivity contribution in [1.82, 2.24) is 10.2 Å². The minimum Gasteiger partial charge on any atom is -0.357 e. The fraction of sp³-hybridized carbons (Fsp3) is 0.750. The predicted octanol–water partition coefficient (Wildman–Crippen LogP) is 3.68. The number of hydrogen-bond acceptors (Lipinski definition) is 6. The van der Waals surface area contributed by atoms with Gasteiger partial charge in [0.15, 0.2) is 4.34 Å². The van der Waals surface area contributed by atoms with Crippen LogP contribution in [-0.4, -0.2) is 22.0 Å². The monoisotopic (exact) mass is 282 g/mol. The molecule has 0 spiro atoms. The topological polar surface area (TPSA) is 61.6 Å². The Balaban J connectivity index is 1.73. The standard InChI is InChI=1S/C12H18N4S2/c13-8-4-5-9-17-12-16-15-11(18-12)14-10-6-2-1-3-7-10/h10H,1-7,9H2,(H,14,15). The van der Waals surface area contributed by atoms with E-state index in [4.69, 9.17) is 5.26 Å². The Kier molecular flexibility index (Phi) is 5.75. The SMILES string of the molecule is N#CCCCSc1nnc(NC2CCCCC2)s1. The number of nitrogens with one attached hydrogen (secondary N) is 1. The first-order valence-corrected chi connectivity index (χ1v) is 8.28. The molecular weight excluding hydrogens is 264 g/mol. The van der Waals surface area contributed by atoms with Gasteiger partial charge in [-0.05, 0) is 19.3 Å². The van der Waals surface area contributed by atoms with E-state index in [1.807, 2.05) is 0 Å². The number of anilines is 1. The summed E-state index contributed by atoms with van der Waals surface area (Å²) in [7, 11) is 0. The third-order valence-electron chi connectivity index (χ3n) is 3.00. The summed E-state index contributed by atoms with van der Waals surface area (Å²) in [6, 6.07) is 2.74. The Morgan fingerprint density at radius 2 is 2.17 bits per heavy atom. The van der Waals surface area contributed by atoms with Crippen LogP contribution in [0, 0.1) is 11.3 Å². The highest BCUT2D eigenvalue weighted by molar-refractivity contribution is 8.01. The van der Waals surface area contributed by atoms with Gasteiger partial charge in [0.05, 0.1) is 6.07 Å². The van der Waals surface area contributed by atoms with Gasteiger partial charge in [-0.25, -0.2) is 0 Å². The molecule has 0 atom stereocenters. The van der Waals surface area contributed by atoms with Crippen molar-refractivity contribution in [3.8, 4) is 6.07 Å². The fourth-order valence-corrected chi connectivity index (χ4v) is 3.90. The van der Waals surface area contributed by atoms with Gasteiger partial charge >= 0.3 is 0 Å². The molecule has 2 rings (SSSR count). The molecule has 1 aromatic rings. The van der Waals surface area contributed by atoms with Crippen molar-refractivity contribution < 1.29 is 0 Å². The van der Waals surface area contributed by atoms with E-state index in [9.17, 15) is 0 Å². The van der Waals surface area contributed by atoms with Crippen molar-refractivity contribution in [3.63, 3.8) is 0 Å². The fourth-order valence-electron chi connectivity index (χ4n) is 2.06. The summed E-state index contributed by atoms with van der Waals surface area (Å²) in [6.45, 7) is 0. The lowest BCUT2D eigenvalue weighted by molar-refractivity contribution is 0.462. The molecule has 0 aliphatic heterocycles. The molecule has 0 amide bonds. The zero-order valence-electron chi connectivity index (χ0n) is 10.4. The summed E-state index contributed by atoms with van der Waals surface area (Å²) in [5.74, 6) is 0.950. The Labute approximate surface area is 116 Å². The van der Waals surface area contributed by atoms with E-state index in [1.54, 1.807) is 23.1 Å². The Morgan fingerprint density at radius 1 is 1.33 bits per heavy atom. The molecule has 1 saturated carbocycles. The van der Waals surface area contributed by atoms with Crippen LogP contribution in [0.25, 0.3) is 0 Å². The first kappa shape index (κ1) is 13.6. The van der Waals surface area contributed by atoms with Crippen LogP contribution in [0.5, 0.6) is 0 Å². The number of rotatable bonds is 6. The molecule has 1 N–H and O–H groups in total. The highest BCUT2D eigenvalue weighted by Gasteiger charge is 2.15. The minimum absolute atomic E-state index is 0.586. The van der Waals surface area contributed by atoms with Crippen LogP contribution in [0.3, 0.4) is 0 Å². The van der Waals surface area contributed by atoms with Crippen molar-refractivity contribution in [2.45, 2.75) is 55.3 Å². The summed E-state index contributed by atoms with van der Waals surface area (Å²) in [5, 5.41) is 21.2. The van der Waals surface area contributed by atoms with Gasteiger partial charge in [-0.15, -0.1) is 10.2 Å². The number of hydrogen-bond donors (Lipinski definition) is 1. The van der Waals surface area contributed by atoms with Gasteiger partial charge in [0.25, 0.3) is 0 Å². The highest BCUT2D eigenvalue weighted by atomic mass is 32.2. The average molecular weight is 282 g/mol. The van der Waals surface area contributed by atoms with Gasteiger partial charge in [-0.1, -0.05) is 42.4 Å². The molecule has 18 heavy (non-hydrogen) atoms. The van der Waals surface area contributed by atoms with Crippen LogP contribution in [0.2, 0.25) is 0 Å². The van der Waals surface area contributed by atoms with E-state index in [-0.39, 0.29) is 0 Å². The van der Waals surface area contributed by atoms with Gasteiger partial charge in [0, 0.05) is 18.2 Å². The molecule has 1 fully saturated rings. The quantitative estimate of drug-likeness (QED) is 0.637. The van der Waals surface area contributed by atoms with Crippen molar-refractivity contribution in [3.05, 3.63) is 0 Å². The molecule has 0 saturated heterocycles. The lowest BCUT2D eigenvalue weighted by Crippen LogP contribution is -2.21. The molecule has 1 aliphatic carbocycles. The maximum Gasteiger partial charge on any atom is 0.206 e. The van der Waals surface area contributed by atoms with Crippen LogP contribution in [0.4, 0.5) is 5.13 Å². The molecule has 0 unspecified atom stereocenters. The van der Waals surface area contributed by atoms with Crippen molar-refractivity contribution in [1.29, 1.82) is 5.26 Å². The third-order valence-corrected chi connectivity index (χ3v) is 5.07. The summed E-state index contributed by atoms with van der Waals surface area (Å²) in [6.07, 6.45) is 8.08. The molecule has 6 heteroatoms. The van der Waals surface area contributed by atoms with Crippen molar-refractivity contribution >= 4 is 28.2 Å². The van der Waals surface area contributed by atoms with E-state index in [2.05, 4.69) is 21.6 Å². The highest BCUT2D eigenvalue weighted by Crippen LogP contribution is 2.28. The van der Waals surface area contributed by atoms with E-state index >= 15 is 0 Å². The van der Waals surface area contributed by atoms with Crippen LogP contribution in [-0.2, 0) is 0 Å². The maximum absolute atomic E-state index is 8.46. The smallest absolute Gasteiger partial charge is 0.206 e. The van der Waals surface area contributed by atoms with Crippen molar-refractivity contribution in [2.75, 3.05) is 11.1 Å². The molecule has 1 aliphatic rings. The second-order valence-electron chi connectivity index (χ2n) is 4.46. The molecule has 1 aromatic heterocycles. The number of nitriles is 1. The molecule has 0 radical (unpaired) electrons. The van der Waals surface area contributed by atoms with E-state index in [0.29, 0.717) is 12.5 Å². The van der Waals surface area contributed by atoms with Crippen LogP contribution < -0.4 is 5.32 Å². The zero-order chi connectivity index (χ0) is 12.6. The number of nitrogens with zero attached hydrogens (tertiary/aromatic N) is 3. The van der Waals surface area contributed by atoms with Gasteiger partial charge < -0.3 is 5.32 Å². The molecule has 0 aromatic carbocycles. The Hall–Kier alpha value is -0.800. The normalized spacial score (nSPS) is 16.4. The number of aromatic nitrogens is 2. The Morgan fingerprint density at radius 3 is 2.94 bits per heavy atom. The molecular formula is C12H18N4S2. The molecule has 4 nitrogen and oxygen atoms in total. The third kappa shape index (κ3) is 4.46. The number of unbranched alkanes of at least 4 members (excludes halogenated alkanes) is 1. The molecule has 98 valence electrons. The summed E-state index contributed by atoms with van der Waals surface area (Å²) in [5.41, 5.74) is 0. The van der Waals surface area contributed by atoms with E-state index in [0.717, 1.165) is 21.6 Å². The van der Waals surface area contributed by atoms with Gasteiger partial charge in [0.2, 0.25) is 5.13 Å². The average Bonchev–Trinajstić information content (AvgIpc) is 2.84. The second-order valence-corrected chi connectivity index (χ2v) is 6.78. The lowest BCUT2D eigenvalue weighted by atomic mass is 9.96. The summed E-state index contributed by atoms with van der Waals surface area (Å²) >= 11 is 3.33. The lowest BCUT2D eigenvalue weighted by Gasteiger charge is -2.21. The zero-order valence-corrected chi connectivity index (χ0v) is 12.0. The van der Waals surface area contributed by atoms with Gasteiger partial charge in [-0.2, -0.15) is 5.26 Å². The van der Waals surface area contributed by atoms with Crippen LogP contribution >= 0.6 is 23.1 Å². The Bertz CT molecular complexity index is 393. The van der Waals surface area contributed by atoms with E-state index < -0.39 is 0 Å². The van der Waals surface area contributed by atoms with Crippen LogP contribution in [0.1, 0.15) is 44.9 Å².